The summed E-state index contributed by atoms with van der Waals surface area (Å²) in [5.74, 6) is 0.740. The van der Waals surface area contributed by atoms with E-state index in [1.54, 1.807) is 0 Å². The number of nitrogens with zero attached hydrogens (tertiary/aromatic N) is 2. The molecule has 16 heavy (non-hydrogen) atoms. The summed E-state index contributed by atoms with van der Waals surface area (Å²) in [7, 11) is 0. The third kappa shape index (κ3) is 2.48. The Bertz CT molecular complexity index is 468. The summed E-state index contributed by atoms with van der Waals surface area (Å²) in [5, 5.41) is 0. The van der Waals surface area contributed by atoms with Gasteiger partial charge in [-0.2, -0.15) is 0 Å². The average molecular weight is 215 g/mol. The van der Waals surface area contributed by atoms with Crippen LogP contribution in [0, 0.1) is 0 Å². The minimum atomic E-state index is 0.308. The Morgan fingerprint density at radius 2 is 2.00 bits per heavy atom. The van der Waals surface area contributed by atoms with E-state index in [4.69, 9.17) is 10.5 Å². The predicted octanol–water partition coefficient (Wildman–Crippen LogP) is 2.41. The highest BCUT2D eigenvalue weighted by Crippen LogP contribution is 2.19. The van der Waals surface area contributed by atoms with Gasteiger partial charge in [-0.3, -0.25) is 0 Å². The molecule has 0 amide bonds. The van der Waals surface area contributed by atoms with Crippen molar-refractivity contribution >= 4 is 5.69 Å². The Morgan fingerprint density at radius 1 is 1.25 bits per heavy atom. The van der Waals surface area contributed by atoms with Crippen LogP contribution < -0.4 is 10.5 Å². The molecule has 4 nitrogen and oxygen atoms in total. The molecule has 0 bridgehead atoms. The quantitative estimate of drug-likeness (QED) is 0.854. The lowest BCUT2D eigenvalue weighted by atomic mass is 10.2. The molecule has 0 atom stereocenters. The first kappa shape index (κ1) is 10.4. The molecule has 2 N–H and O–H groups in total. The summed E-state index contributed by atoms with van der Waals surface area (Å²) < 4.78 is 5.50. The highest BCUT2D eigenvalue weighted by Gasteiger charge is 2.00. The molecule has 0 aliphatic rings. The first-order chi connectivity index (χ1) is 7.78. The molecule has 0 saturated carbocycles. The van der Waals surface area contributed by atoms with Gasteiger partial charge >= 0.3 is 6.01 Å². The van der Waals surface area contributed by atoms with Crippen LogP contribution in [0.5, 0.6) is 11.8 Å². The lowest BCUT2D eigenvalue weighted by Gasteiger charge is -2.04. The topological polar surface area (TPSA) is 61.0 Å². The number of benzene rings is 1. The zero-order valence-corrected chi connectivity index (χ0v) is 9.05. The van der Waals surface area contributed by atoms with Crippen molar-refractivity contribution in [1.82, 2.24) is 9.97 Å². The van der Waals surface area contributed by atoms with Crippen LogP contribution in [0.25, 0.3) is 0 Å². The molecule has 0 radical (unpaired) electrons. The molecule has 0 fully saturated rings. The van der Waals surface area contributed by atoms with Gasteiger partial charge in [0, 0.05) is 0 Å². The average Bonchev–Trinajstić information content (AvgIpc) is 2.32. The number of hydrogen-bond donors (Lipinski definition) is 1. The summed E-state index contributed by atoms with van der Waals surface area (Å²) in [4.78, 5) is 7.94. The molecule has 1 aromatic carbocycles. The van der Waals surface area contributed by atoms with E-state index in [1.807, 2.05) is 18.2 Å². The maximum atomic E-state index is 5.50. The number of hydrogen-bond acceptors (Lipinski definition) is 4. The second-order valence-corrected chi connectivity index (χ2v) is 3.40. The lowest BCUT2D eigenvalue weighted by Crippen LogP contribution is -1.94. The molecule has 2 aromatic rings. The number of nitrogens with two attached hydrogens (primary N) is 1. The van der Waals surface area contributed by atoms with Gasteiger partial charge in [0.2, 0.25) is 0 Å². The van der Waals surface area contributed by atoms with Crippen molar-refractivity contribution in [3.05, 3.63) is 42.2 Å². The molecule has 0 spiro atoms. The summed E-state index contributed by atoms with van der Waals surface area (Å²) in [5.41, 5.74) is 7.22. The van der Waals surface area contributed by atoms with Crippen LogP contribution in [-0.4, -0.2) is 9.97 Å². The Labute approximate surface area is 94.1 Å². The SMILES string of the molecule is CCc1cccc(Oc2ncc(N)cn2)c1. The second kappa shape index (κ2) is 4.61. The summed E-state index contributed by atoms with van der Waals surface area (Å²) in [6, 6.07) is 8.16. The van der Waals surface area contributed by atoms with Gasteiger partial charge in [0.05, 0.1) is 18.1 Å². The van der Waals surface area contributed by atoms with Gasteiger partial charge in [0.25, 0.3) is 0 Å². The van der Waals surface area contributed by atoms with E-state index < -0.39 is 0 Å². The summed E-state index contributed by atoms with van der Waals surface area (Å²) in [6.45, 7) is 2.10. The lowest BCUT2D eigenvalue weighted by molar-refractivity contribution is 0.441. The first-order valence-corrected chi connectivity index (χ1v) is 5.12. The number of ether oxygens (including phenoxy) is 1. The second-order valence-electron chi connectivity index (χ2n) is 3.40. The molecule has 0 aliphatic carbocycles. The van der Waals surface area contributed by atoms with Crippen molar-refractivity contribution in [2.75, 3.05) is 5.73 Å². The summed E-state index contributed by atoms with van der Waals surface area (Å²) >= 11 is 0. The third-order valence-electron chi connectivity index (χ3n) is 2.16. The fraction of sp³-hybridized carbons (Fsp3) is 0.167. The van der Waals surface area contributed by atoms with Crippen LogP contribution in [-0.2, 0) is 6.42 Å². The fourth-order valence-corrected chi connectivity index (χ4v) is 1.31. The third-order valence-corrected chi connectivity index (χ3v) is 2.16. The fourth-order valence-electron chi connectivity index (χ4n) is 1.31. The molecule has 1 aromatic heterocycles. The van der Waals surface area contributed by atoms with E-state index in [0.717, 1.165) is 12.2 Å². The largest absolute Gasteiger partial charge is 0.424 e. The van der Waals surface area contributed by atoms with E-state index in [2.05, 4.69) is 23.0 Å². The van der Waals surface area contributed by atoms with E-state index >= 15 is 0 Å². The standard InChI is InChI=1S/C12H13N3O/c1-2-9-4-3-5-11(6-9)16-12-14-7-10(13)8-15-12/h3-8H,2,13H2,1H3. The number of anilines is 1. The van der Waals surface area contributed by atoms with Crippen molar-refractivity contribution in [1.29, 1.82) is 0 Å². The monoisotopic (exact) mass is 215 g/mol. The molecule has 0 unspecified atom stereocenters. The van der Waals surface area contributed by atoms with Gasteiger partial charge < -0.3 is 10.5 Å². The van der Waals surface area contributed by atoms with Crippen molar-refractivity contribution in [2.45, 2.75) is 13.3 Å². The summed E-state index contributed by atoms with van der Waals surface area (Å²) in [6.07, 6.45) is 4.01. The Morgan fingerprint density at radius 3 is 2.69 bits per heavy atom. The number of nitrogen functional groups attached to an aromatic ring is 1. The zero-order chi connectivity index (χ0) is 11.4. The number of rotatable bonds is 3. The highest BCUT2D eigenvalue weighted by molar-refractivity contribution is 5.33. The molecule has 2 rings (SSSR count). The van der Waals surface area contributed by atoms with Gasteiger partial charge in [-0.05, 0) is 24.1 Å². The van der Waals surface area contributed by atoms with E-state index in [-0.39, 0.29) is 0 Å². The molecular formula is C12H13N3O. The van der Waals surface area contributed by atoms with E-state index in [1.165, 1.54) is 18.0 Å². The highest BCUT2D eigenvalue weighted by atomic mass is 16.5. The Hall–Kier alpha value is -2.10. The van der Waals surface area contributed by atoms with Gasteiger partial charge in [0.1, 0.15) is 5.75 Å². The van der Waals surface area contributed by atoms with Crippen LogP contribution in [0.15, 0.2) is 36.7 Å². The van der Waals surface area contributed by atoms with Crippen molar-refractivity contribution < 1.29 is 4.74 Å². The predicted molar refractivity (Wildman–Crippen MR) is 62.3 cm³/mol. The molecule has 0 aliphatic heterocycles. The van der Waals surface area contributed by atoms with Crippen LogP contribution in [0.4, 0.5) is 5.69 Å². The molecular weight excluding hydrogens is 202 g/mol. The van der Waals surface area contributed by atoms with Crippen molar-refractivity contribution in [2.24, 2.45) is 0 Å². The molecule has 0 saturated heterocycles. The number of aryl methyl sites for hydroxylation is 1. The maximum absolute atomic E-state index is 5.50. The first-order valence-electron chi connectivity index (χ1n) is 5.12. The molecule has 1 heterocycles. The van der Waals surface area contributed by atoms with Gasteiger partial charge in [-0.1, -0.05) is 19.1 Å². The van der Waals surface area contributed by atoms with Gasteiger partial charge in [-0.25, -0.2) is 9.97 Å². The van der Waals surface area contributed by atoms with Gasteiger partial charge in [-0.15, -0.1) is 0 Å². The van der Waals surface area contributed by atoms with Crippen LogP contribution >= 0.6 is 0 Å². The zero-order valence-electron chi connectivity index (χ0n) is 9.05. The minimum Gasteiger partial charge on any atom is -0.424 e. The van der Waals surface area contributed by atoms with E-state index in [9.17, 15) is 0 Å². The number of aromatic nitrogens is 2. The van der Waals surface area contributed by atoms with Crippen LogP contribution in [0.3, 0.4) is 0 Å². The van der Waals surface area contributed by atoms with E-state index in [0.29, 0.717) is 11.7 Å². The maximum Gasteiger partial charge on any atom is 0.322 e. The van der Waals surface area contributed by atoms with Crippen LogP contribution in [0.1, 0.15) is 12.5 Å². The van der Waals surface area contributed by atoms with Crippen molar-refractivity contribution in [3.63, 3.8) is 0 Å². The van der Waals surface area contributed by atoms with Crippen LogP contribution in [0.2, 0.25) is 0 Å². The minimum absolute atomic E-state index is 0.308. The normalized spacial score (nSPS) is 10.1. The van der Waals surface area contributed by atoms with Crippen molar-refractivity contribution in [3.8, 4) is 11.8 Å². The molecule has 82 valence electrons. The smallest absolute Gasteiger partial charge is 0.322 e. The van der Waals surface area contributed by atoms with Gasteiger partial charge in [0.15, 0.2) is 0 Å². The Balaban J connectivity index is 2.16. The molecule has 4 heteroatoms. The Kier molecular flexibility index (Phi) is 3.00.